The number of aliphatic hydroxyl groups is 1. The number of benzene rings is 2. The Balaban J connectivity index is 1.73. The van der Waals surface area contributed by atoms with E-state index in [4.69, 9.17) is 9.84 Å². The summed E-state index contributed by atoms with van der Waals surface area (Å²) in [6.07, 6.45) is 0. The lowest BCUT2D eigenvalue weighted by molar-refractivity contribution is 0.102. The van der Waals surface area contributed by atoms with Crippen LogP contribution in [0.4, 0.5) is 11.4 Å². The second-order valence-corrected chi connectivity index (χ2v) is 8.13. The van der Waals surface area contributed by atoms with E-state index in [1.807, 2.05) is 31.2 Å². The van der Waals surface area contributed by atoms with Gasteiger partial charge in [0.15, 0.2) is 0 Å². The number of hydrogen-bond acceptors (Lipinski definition) is 5. The second kappa shape index (κ2) is 9.73. The third kappa shape index (κ3) is 4.86. The van der Waals surface area contributed by atoms with Gasteiger partial charge >= 0.3 is 0 Å². The van der Waals surface area contributed by atoms with E-state index in [0.29, 0.717) is 21.5 Å². The lowest BCUT2D eigenvalue weighted by Crippen LogP contribution is -2.43. The van der Waals surface area contributed by atoms with Crippen molar-refractivity contribution in [2.45, 2.75) is 6.92 Å². The molecule has 2 aromatic carbocycles. The molecule has 0 aliphatic carbocycles. The van der Waals surface area contributed by atoms with E-state index in [1.54, 1.807) is 6.07 Å². The van der Waals surface area contributed by atoms with Gasteiger partial charge in [0, 0.05) is 43.1 Å². The van der Waals surface area contributed by atoms with Gasteiger partial charge in [-0.05, 0) is 74.7 Å². The number of nitrogens with zero attached hydrogens (tertiary/aromatic N) is 1. The third-order valence-corrected chi connectivity index (χ3v) is 6.16. The Bertz CT molecular complexity index is 838. The average Bonchev–Trinajstić information content (AvgIpc) is 2.72. The summed E-state index contributed by atoms with van der Waals surface area (Å²) in [6.45, 7) is 5.91. The van der Waals surface area contributed by atoms with Gasteiger partial charge in [-0.3, -0.25) is 4.79 Å². The number of ether oxygens (including phenoxy) is 1. The van der Waals surface area contributed by atoms with Crippen LogP contribution in [-0.4, -0.2) is 50.4 Å². The Labute approximate surface area is 181 Å². The fourth-order valence-corrected chi connectivity index (χ4v) is 4.39. The largest absolute Gasteiger partial charge is 0.489 e. The second-order valence-electron chi connectivity index (χ2n) is 6.48. The molecule has 3 rings (SSSR count). The summed E-state index contributed by atoms with van der Waals surface area (Å²) in [5.74, 6) is 0.433. The maximum atomic E-state index is 12.7. The zero-order chi connectivity index (χ0) is 20.1. The van der Waals surface area contributed by atoms with E-state index in [2.05, 4.69) is 47.4 Å². The molecule has 0 atom stereocenters. The molecule has 6 nitrogen and oxygen atoms in total. The molecule has 1 heterocycles. The van der Waals surface area contributed by atoms with Crippen LogP contribution in [0.5, 0.6) is 5.75 Å². The van der Waals surface area contributed by atoms with Gasteiger partial charge in [0.2, 0.25) is 0 Å². The fraction of sp³-hybridized carbons (Fsp3) is 0.350. The molecule has 1 saturated heterocycles. The van der Waals surface area contributed by atoms with Gasteiger partial charge in [0.05, 0.1) is 15.6 Å². The summed E-state index contributed by atoms with van der Waals surface area (Å²) in [7, 11) is 0. The predicted molar refractivity (Wildman–Crippen MR) is 119 cm³/mol. The minimum absolute atomic E-state index is 0.0691. The van der Waals surface area contributed by atoms with E-state index < -0.39 is 0 Å². The van der Waals surface area contributed by atoms with Crippen LogP contribution in [0.2, 0.25) is 0 Å². The average molecular weight is 513 g/mol. The van der Waals surface area contributed by atoms with Gasteiger partial charge in [-0.15, -0.1) is 0 Å². The summed E-state index contributed by atoms with van der Waals surface area (Å²) >= 11 is 6.98. The number of hydrogen-bond donors (Lipinski definition) is 3. The van der Waals surface area contributed by atoms with Crippen molar-refractivity contribution < 1.29 is 14.6 Å². The fourth-order valence-electron chi connectivity index (χ4n) is 3.04. The van der Waals surface area contributed by atoms with E-state index in [9.17, 15) is 4.79 Å². The van der Waals surface area contributed by atoms with Crippen LogP contribution in [0.3, 0.4) is 0 Å². The maximum absolute atomic E-state index is 12.7. The van der Waals surface area contributed by atoms with Crippen LogP contribution in [0.1, 0.15) is 15.9 Å². The van der Waals surface area contributed by atoms with Crippen molar-refractivity contribution in [3.8, 4) is 5.75 Å². The maximum Gasteiger partial charge on any atom is 0.255 e. The van der Waals surface area contributed by atoms with Crippen LogP contribution in [0.15, 0.2) is 39.3 Å². The first kappa shape index (κ1) is 21.1. The minimum atomic E-state index is -0.169. The SMILES string of the molecule is Cc1c(NC(=O)c2ccc(N3CCNCC3)cc2)cc(Br)c(OCCO)c1Br. The molecule has 150 valence electrons. The normalized spacial score (nSPS) is 14.1. The van der Waals surface area contributed by atoms with Crippen LogP contribution < -0.4 is 20.3 Å². The Morgan fingerprint density at radius 1 is 1.25 bits per heavy atom. The summed E-state index contributed by atoms with van der Waals surface area (Å²) in [5.41, 5.74) is 3.27. The van der Waals surface area contributed by atoms with E-state index in [-0.39, 0.29) is 19.1 Å². The third-order valence-electron chi connectivity index (χ3n) is 4.62. The highest BCUT2D eigenvalue weighted by Crippen LogP contribution is 2.40. The molecule has 1 aliphatic heterocycles. The number of piperazine rings is 1. The van der Waals surface area contributed by atoms with Crippen molar-refractivity contribution in [2.24, 2.45) is 0 Å². The molecule has 2 aromatic rings. The number of aliphatic hydroxyl groups excluding tert-OH is 1. The van der Waals surface area contributed by atoms with Crippen LogP contribution >= 0.6 is 31.9 Å². The Hall–Kier alpha value is -1.61. The van der Waals surface area contributed by atoms with Gasteiger partial charge in [0.1, 0.15) is 12.4 Å². The van der Waals surface area contributed by atoms with Crippen molar-refractivity contribution in [3.63, 3.8) is 0 Å². The number of anilines is 2. The van der Waals surface area contributed by atoms with Crippen molar-refractivity contribution in [2.75, 3.05) is 49.6 Å². The van der Waals surface area contributed by atoms with Gasteiger partial charge in [0.25, 0.3) is 5.91 Å². The van der Waals surface area contributed by atoms with Gasteiger partial charge in [-0.2, -0.15) is 0 Å². The number of carbonyl (C=O) groups excluding carboxylic acids is 1. The molecule has 1 aliphatic rings. The molecule has 0 unspecified atom stereocenters. The molecule has 3 N–H and O–H groups in total. The molecule has 8 heteroatoms. The number of rotatable bonds is 6. The number of carbonyl (C=O) groups is 1. The van der Waals surface area contributed by atoms with Gasteiger partial charge in [-0.25, -0.2) is 0 Å². The molecule has 0 saturated carbocycles. The number of nitrogens with one attached hydrogen (secondary N) is 2. The van der Waals surface area contributed by atoms with Gasteiger partial charge < -0.3 is 25.4 Å². The first-order valence-corrected chi connectivity index (χ1v) is 10.7. The first-order chi connectivity index (χ1) is 13.5. The monoisotopic (exact) mass is 511 g/mol. The lowest BCUT2D eigenvalue weighted by atomic mass is 10.1. The highest BCUT2D eigenvalue weighted by atomic mass is 79.9. The molecule has 1 fully saturated rings. The molecule has 0 bridgehead atoms. The standard InChI is InChI=1S/C20H23Br2N3O3/c1-13-17(12-16(21)19(18(13)22)28-11-10-26)24-20(27)14-2-4-15(5-3-14)25-8-6-23-7-9-25/h2-5,12,23,26H,6-11H2,1H3,(H,24,27). The van der Waals surface area contributed by atoms with E-state index in [1.165, 1.54) is 0 Å². The van der Waals surface area contributed by atoms with Crippen molar-refractivity contribution in [1.82, 2.24) is 5.32 Å². The summed E-state index contributed by atoms with van der Waals surface area (Å²) in [5, 5.41) is 15.3. The van der Waals surface area contributed by atoms with Crippen molar-refractivity contribution >= 4 is 49.1 Å². The Morgan fingerprint density at radius 3 is 2.57 bits per heavy atom. The van der Waals surface area contributed by atoms with Crippen LogP contribution in [0.25, 0.3) is 0 Å². The topological polar surface area (TPSA) is 73.8 Å². The van der Waals surface area contributed by atoms with Crippen LogP contribution in [-0.2, 0) is 0 Å². The molecular weight excluding hydrogens is 490 g/mol. The van der Waals surface area contributed by atoms with E-state index >= 15 is 0 Å². The summed E-state index contributed by atoms with van der Waals surface area (Å²) < 4.78 is 6.98. The zero-order valence-electron chi connectivity index (χ0n) is 15.6. The quantitative estimate of drug-likeness (QED) is 0.552. The smallest absolute Gasteiger partial charge is 0.255 e. The Kier molecular flexibility index (Phi) is 7.34. The first-order valence-electron chi connectivity index (χ1n) is 9.10. The van der Waals surface area contributed by atoms with E-state index in [0.717, 1.165) is 41.9 Å². The number of halogens is 2. The van der Waals surface area contributed by atoms with Crippen LogP contribution in [0, 0.1) is 6.92 Å². The minimum Gasteiger partial charge on any atom is -0.489 e. The molecular formula is C20H23Br2N3O3. The highest BCUT2D eigenvalue weighted by Gasteiger charge is 2.17. The Morgan fingerprint density at radius 2 is 1.93 bits per heavy atom. The lowest BCUT2D eigenvalue weighted by Gasteiger charge is -2.29. The molecule has 0 aromatic heterocycles. The zero-order valence-corrected chi connectivity index (χ0v) is 18.8. The van der Waals surface area contributed by atoms with Crippen molar-refractivity contribution in [3.05, 3.63) is 50.4 Å². The molecule has 0 radical (unpaired) electrons. The predicted octanol–water partition coefficient (Wildman–Crippen LogP) is 3.55. The summed E-state index contributed by atoms with van der Waals surface area (Å²) in [6, 6.07) is 9.49. The number of amides is 1. The molecule has 1 amide bonds. The molecule has 0 spiro atoms. The van der Waals surface area contributed by atoms with Gasteiger partial charge in [-0.1, -0.05) is 0 Å². The molecule has 28 heavy (non-hydrogen) atoms. The highest BCUT2D eigenvalue weighted by molar-refractivity contribution is 9.11. The summed E-state index contributed by atoms with van der Waals surface area (Å²) in [4.78, 5) is 15.0. The van der Waals surface area contributed by atoms with Crippen molar-refractivity contribution in [1.29, 1.82) is 0 Å².